The van der Waals surface area contributed by atoms with Crippen LogP contribution in [-0.4, -0.2) is 52.1 Å². The van der Waals surface area contributed by atoms with Gasteiger partial charge in [0, 0.05) is 38.0 Å². The Labute approximate surface area is 203 Å². The van der Waals surface area contributed by atoms with Gasteiger partial charge in [-0.3, -0.25) is 4.79 Å². The van der Waals surface area contributed by atoms with Crippen LogP contribution in [0.2, 0.25) is 0 Å². The van der Waals surface area contributed by atoms with Gasteiger partial charge in [0.1, 0.15) is 11.6 Å². The summed E-state index contributed by atoms with van der Waals surface area (Å²) in [4.78, 5) is 26.4. The molecule has 0 bridgehead atoms. The molecule has 0 unspecified atom stereocenters. The van der Waals surface area contributed by atoms with Crippen molar-refractivity contribution in [2.24, 2.45) is 5.92 Å². The molecule has 6 nitrogen and oxygen atoms in total. The van der Waals surface area contributed by atoms with Gasteiger partial charge < -0.3 is 14.9 Å². The van der Waals surface area contributed by atoms with E-state index in [0.29, 0.717) is 36.8 Å². The number of phenolic OH excluding ortho intramolecular Hbond substituents is 1. The summed E-state index contributed by atoms with van der Waals surface area (Å²) in [6, 6.07) is 13.4. The highest BCUT2D eigenvalue weighted by molar-refractivity contribution is 5.92. The van der Waals surface area contributed by atoms with Gasteiger partial charge in [0.25, 0.3) is 0 Å². The van der Waals surface area contributed by atoms with Gasteiger partial charge in [-0.2, -0.15) is 0 Å². The average Bonchev–Trinajstić information content (AvgIpc) is 2.84. The van der Waals surface area contributed by atoms with Crippen LogP contribution in [0.25, 0.3) is 22.3 Å². The van der Waals surface area contributed by atoms with E-state index in [-0.39, 0.29) is 11.7 Å². The molecule has 6 heteroatoms. The van der Waals surface area contributed by atoms with Crippen LogP contribution in [0.5, 0.6) is 5.75 Å². The molecule has 2 aromatic carbocycles. The number of benzene rings is 2. The van der Waals surface area contributed by atoms with Crippen LogP contribution in [0, 0.1) is 12.8 Å². The first kappa shape index (κ1) is 25.5. The first-order valence-electron chi connectivity index (χ1n) is 12.5. The van der Waals surface area contributed by atoms with E-state index < -0.39 is 0 Å². The van der Waals surface area contributed by atoms with E-state index in [1.165, 1.54) is 0 Å². The maximum Gasteiger partial charge on any atom is 0.222 e. The number of carbonyl (C=O) groups excluding carboxylic acids is 1. The minimum Gasteiger partial charge on any atom is -0.507 e. The molecule has 1 fully saturated rings. The summed E-state index contributed by atoms with van der Waals surface area (Å²) in [5.41, 5.74) is 2.61. The van der Waals surface area contributed by atoms with Crippen LogP contribution in [0.1, 0.15) is 52.5 Å². The SMILES string of the molecule is CC.Cc1ccc2c(N3CCN(C(=O)CCCC(C)C)CC3)nc(-c3ccccc3O)nc2c1. The summed E-state index contributed by atoms with van der Waals surface area (Å²) in [6.07, 6.45) is 2.68. The Balaban J connectivity index is 0.00000158. The van der Waals surface area contributed by atoms with Crippen molar-refractivity contribution in [1.29, 1.82) is 0 Å². The summed E-state index contributed by atoms with van der Waals surface area (Å²) in [5, 5.41) is 11.3. The van der Waals surface area contributed by atoms with Gasteiger partial charge in [-0.25, -0.2) is 9.97 Å². The van der Waals surface area contributed by atoms with E-state index in [0.717, 1.165) is 48.2 Å². The number of anilines is 1. The Kier molecular flexibility index (Phi) is 8.85. The van der Waals surface area contributed by atoms with Crippen LogP contribution in [0.3, 0.4) is 0 Å². The molecule has 0 radical (unpaired) electrons. The number of fused-ring (bicyclic) bond motifs is 1. The molecular weight excluding hydrogens is 424 g/mol. The summed E-state index contributed by atoms with van der Waals surface area (Å²) in [7, 11) is 0. The van der Waals surface area contributed by atoms with Gasteiger partial charge >= 0.3 is 0 Å². The van der Waals surface area contributed by atoms with Crippen LogP contribution in [0.15, 0.2) is 42.5 Å². The quantitative estimate of drug-likeness (QED) is 0.500. The molecule has 2 heterocycles. The second kappa shape index (κ2) is 11.8. The lowest BCUT2D eigenvalue weighted by molar-refractivity contribution is -0.131. The normalized spacial score (nSPS) is 13.7. The molecule has 0 aliphatic carbocycles. The zero-order chi connectivity index (χ0) is 24.7. The highest BCUT2D eigenvalue weighted by Crippen LogP contribution is 2.32. The number of aryl methyl sites for hydroxylation is 1. The maximum atomic E-state index is 12.6. The van der Waals surface area contributed by atoms with Crippen LogP contribution < -0.4 is 4.90 Å². The fraction of sp³-hybridized carbons (Fsp3) is 0.464. The molecule has 0 spiro atoms. The van der Waals surface area contributed by atoms with E-state index >= 15 is 0 Å². The standard InChI is InChI=1S/C26H32N4O2.C2H6/c1-18(2)7-6-10-24(32)29-13-15-30(16-14-29)26-20-12-11-19(3)17-22(20)27-25(28-26)21-8-4-5-9-23(21)31;1-2/h4-5,8-9,11-12,17-18,31H,6-7,10,13-16H2,1-3H3;1-2H3. The summed E-state index contributed by atoms with van der Waals surface area (Å²) in [6.45, 7) is 13.3. The topological polar surface area (TPSA) is 69.6 Å². The Morgan fingerprint density at radius 3 is 2.41 bits per heavy atom. The number of aromatic hydroxyl groups is 1. The minimum atomic E-state index is 0.169. The monoisotopic (exact) mass is 462 g/mol. The molecule has 34 heavy (non-hydrogen) atoms. The fourth-order valence-corrected chi connectivity index (χ4v) is 4.23. The zero-order valence-corrected chi connectivity index (χ0v) is 21.2. The van der Waals surface area contributed by atoms with Crippen molar-refractivity contribution in [2.45, 2.75) is 53.9 Å². The Morgan fingerprint density at radius 2 is 1.74 bits per heavy atom. The third kappa shape index (κ3) is 6.04. The predicted molar refractivity (Wildman–Crippen MR) is 140 cm³/mol. The number of hydrogen-bond donors (Lipinski definition) is 1. The summed E-state index contributed by atoms with van der Waals surface area (Å²) < 4.78 is 0. The minimum absolute atomic E-state index is 0.169. The van der Waals surface area contributed by atoms with Crippen molar-refractivity contribution >= 4 is 22.6 Å². The van der Waals surface area contributed by atoms with E-state index in [1.54, 1.807) is 12.1 Å². The van der Waals surface area contributed by atoms with Gasteiger partial charge in [0.2, 0.25) is 5.91 Å². The van der Waals surface area contributed by atoms with Gasteiger partial charge in [0.15, 0.2) is 5.82 Å². The molecule has 4 rings (SSSR count). The van der Waals surface area contributed by atoms with Crippen molar-refractivity contribution in [3.63, 3.8) is 0 Å². The number of para-hydroxylation sites is 1. The first-order valence-corrected chi connectivity index (χ1v) is 12.5. The molecular formula is C28H38N4O2. The molecule has 1 saturated heterocycles. The Bertz CT molecular complexity index is 1100. The van der Waals surface area contributed by atoms with Gasteiger partial charge in [-0.15, -0.1) is 0 Å². The fourth-order valence-electron chi connectivity index (χ4n) is 4.23. The van der Waals surface area contributed by atoms with E-state index in [4.69, 9.17) is 9.97 Å². The number of nitrogens with zero attached hydrogens (tertiary/aromatic N) is 4. The molecule has 1 aliphatic heterocycles. The van der Waals surface area contributed by atoms with E-state index in [9.17, 15) is 9.90 Å². The number of phenols is 1. The predicted octanol–water partition coefficient (Wildman–Crippen LogP) is 5.81. The third-order valence-corrected chi connectivity index (χ3v) is 6.08. The van der Waals surface area contributed by atoms with Crippen molar-refractivity contribution in [1.82, 2.24) is 14.9 Å². The van der Waals surface area contributed by atoms with Crippen molar-refractivity contribution in [3.05, 3.63) is 48.0 Å². The molecule has 1 aliphatic rings. The van der Waals surface area contributed by atoms with Crippen molar-refractivity contribution in [3.8, 4) is 17.1 Å². The third-order valence-electron chi connectivity index (χ3n) is 6.08. The number of aromatic nitrogens is 2. The molecule has 1 amide bonds. The number of carbonyl (C=O) groups is 1. The number of amides is 1. The second-order valence-electron chi connectivity index (χ2n) is 9.06. The molecule has 0 saturated carbocycles. The van der Waals surface area contributed by atoms with E-state index in [2.05, 4.69) is 36.9 Å². The lowest BCUT2D eigenvalue weighted by Crippen LogP contribution is -2.49. The first-order chi connectivity index (χ1) is 16.4. The molecule has 182 valence electrons. The van der Waals surface area contributed by atoms with Gasteiger partial charge in [-0.1, -0.05) is 52.3 Å². The molecule has 1 N–H and O–H groups in total. The smallest absolute Gasteiger partial charge is 0.222 e. The van der Waals surface area contributed by atoms with Crippen LogP contribution in [-0.2, 0) is 4.79 Å². The highest BCUT2D eigenvalue weighted by atomic mass is 16.3. The van der Waals surface area contributed by atoms with Crippen LogP contribution in [0.4, 0.5) is 5.82 Å². The van der Waals surface area contributed by atoms with Gasteiger partial charge in [-0.05, 0) is 49.1 Å². The highest BCUT2D eigenvalue weighted by Gasteiger charge is 2.24. The molecule has 1 aromatic heterocycles. The van der Waals surface area contributed by atoms with Crippen LogP contribution >= 0.6 is 0 Å². The summed E-state index contributed by atoms with van der Waals surface area (Å²) in [5.74, 6) is 2.43. The number of rotatable bonds is 6. The molecule has 0 atom stereocenters. The largest absolute Gasteiger partial charge is 0.507 e. The molecule has 3 aromatic rings. The zero-order valence-electron chi connectivity index (χ0n) is 21.2. The lowest BCUT2D eigenvalue weighted by atomic mass is 10.1. The maximum absolute atomic E-state index is 12.6. The van der Waals surface area contributed by atoms with Crippen molar-refractivity contribution < 1.29 is 9.90 Å². The van der Waals surface area contributed by atoms with E-state index in [1.807, 2.05) is 37.8 Å². The average molecular weight is 463 g/mol. The summed E-state index contributed by atoms with van der Waals surface area (Å²) >= 11 is 0. The second-order valence-corrected chi connectivity index (χ2v) is 9.06. The number of hydrogen-bond acceptors (Lipinski definition) is 5. The van der Waals surface area contributed by atoms with Gasteiger partial charge in [0.05, 0.1) is 11.1 Å². The Morgan fingerprint density at radius 1 is 1.03 bits per heavy atom. The lowest BCUT2D eigenvalue weighted by Gasteiger charge is -2.36. The van der Waals surface area contributed by atoms with Crippen molar-refractivity contribution in [2.75, 3.05) is 31.1 Å². The Hall–Kier alpha value is -3.15. The number of piperazine rings is 1.